The van der Waals surface area contributed by atoms with E-state index < -0.39 is 0 Å². The van der Waals surface area contributed by atoms with Crippen molar-refractivity contribution in [2.45, 2.75) is 55.9 Å². The molecule has 0 radical (unpaired) electrons. The van der Waals surface area contributed by atoms with Crippen molar-refractivity contribution >= 4 is 23.5 Å². The minimum atomic E-state index is 0.118. The normalized spacial score (nSPS) is 14.5. The van der Waals surface area contributed by atoms with Gasteiger partial charge in [-0.25, -0.2) is 0 Å². The molecule has 1 atom stereocenters. The zero-order valence-corrected chi connectivity index (χ0v) is 17.9. The third-order valence-electron chi connectivity index (χ3n) is 5.43. The summed E-state index contributed by atoms with van der Waals surface area (Å²) >= 11 is 1.89. The Balaban J connectivity index is 1.42. The molecule has 3 nitrogen and oxygen atoms in total. The third-order valence-corrected chi connectivity index (χ3v) is 6.81. The SMILES string of the molecule is O=C(CC(CCCCCc1ccccc1)SCc1ccccc1)CN1CCC1=O. The van der Waals surface area contributed by atoms with Crippen molar-refractivity contribution in [3.63, 3.8) is 0 Å². The predicted octanol–water partition coefficient (Wildman–Crippen LogP) is 5.28. The van der Waals surface area contributed by atoms with Crippen LogP contribution in [0, 0.1) is 0 Å². The number of amides is 1. The second kappa shape index (κ2) is 11.8. The minimum absolute atomic E-state index is 0.118. The van der Waals surface area contributed by atoms with E-state index in [9.17, 15) is 9.59 Å². The summed E-state index contributed by atoms with van der Waals surface area (Å²) in [6, 6.07) is 21.1. The first-order valence-electron chi connectivity index (χ1n) is 10.7. The number of nitrogens with zero attached hydrogens (tertiary/aromatic N) is 1. The highest BCUT2D eigenvalue weighted by Gasteiger charge is 2.26. The number of hydrogen-bond acceptors (Lipinski definition) is 3. The Morgan fingerprint density at radius 1 is 0.931 bits per heavy atom. The number of Topliss-reactive ketones (excluding diaryl/α,β-unsaturated/α-hetero) is 1. The molecule has 29 heavy (non-hydrogen) atoms. The average Bonchev–Trinajstić information content (AvgIpc) is 2.76. The van der Waals surface area contributed by atoms with Gasteiger partial charge in [-0.05, 0) is 30.4 Å². The van der Waals surface area contributed by atoms with Gasteiger partial charge < -0.3 is 4.90 Å². The van der Waals surface area contributed by atoms with Crippen LogP contribution in [0.25, 0.3) is 0 Å². The fraction of sp³-hybridized carbons (Fsp3) is 0.440. The standard InChI is InChI=1S/C25H31NO2S/c27-23(19-26-17-16-25(26)28)18-24(29-20-22-13-7-2-8-14-22)15-9-3-6-12-21-10-4-1-5-11-21/h1-2,4-5,7-8,10-11,13-14,24H,3,6,9,12,15-20H2. The van der Waals surface area contributed by atoms with Crippen LogP contribution in [-0.4, -0.2) is 34.9 Å². The lowest BCUT2D eigenvalue weighted by Gasteiger charge is -2.30. The fourth-order valence-corrected chi connectivity index (χ4v) is 4.87. The number of hydrogen-bond donors (Lipinski definition) is 0. The summed E-state index contributed by atoms with van der Waals surface area (Å²) in [6.07, 6.45) is 6.88. The van der Waals surface area contributed by atoms with E-state index in [1.54, 1.807) is 4.90 Å². The van der Waals surface area contributed by atoms with Crippen molar-refractivity contribution in [1.29, 1.82) is 0 Å². The number of carbonyl (C=O) groups excluding carboxylic acids is 2. The van der Waals surface area contributed by atoms with E-state index in [1.807, 2.05) is 17.8 Å². The van der Waals surface area contributed by atoms with Crippen molar-refractivity contribution < 1.29 is 9.59 Å². The molecule has 1 amide bonds. The van der Waals surface area contributed by atoms with Crippen LogP contribution < -0.4 is 0 Å². The van der Waals surface area contributed by atoms with E-state index in [-0.39, 0.29) is 11.7 Å². The Morgan fingerprint density at radius 2 is 1.62 bits per heavy atom. The summed E-state index contributed by atoms with van der Waals surface area (Å²) in [5, 5.41) is 0.329. The van der Waals surface area contributed by atoms with Crippen molar-refractivity contribution in [3.05, 3.63) is 71.8 Å². The van der Waals surface area contributed by atoms with Crippen LogP contribution in [0.2, 0.25) is 0 Å². The number of β-lactam (4-membered cyclic amide) rings is 1. The van der Waals surface area contributed by atoms with Crippen molar-refractivity contribution in [3.8, 4) is 0 Å². The van der Waals surface area contributed by atoms with Gasteiger partial charge in [-0.15, -0.1) is 0 Å². The van der Waals surface area contributed by atoms with Crippen LogP contribution in [0.3, 0.4) is 0 Å². The molecule has 1 aliphatic heterocycles. The quantitative estimate of drug-likeness (QED) is 0.333. The Kier molecular flexibility index (Phi) is 8.82. The van der Waals surface area contributed by atoms with Gasteiger partial charge in [0.2, 0.25) is 5.91 Å². The van der Waals surface area contributed by atoms with E-state index in [4.69, 9.17) is 0 Å². The molecule has 0 saturated carbocycles. The number of benzene rings is 2. The van der Waals surface area contributed by atoms with Gasteiger partial charge in [0.15, 0.2) is 5.78 Å². The molecule has 154 valence electrons. The van der Waals surface area contributed by atoms with Gasteiger partial charge in [0.05, 0.1) is 6.54 Å². The fourth-order valence-electron chi connectivity index (χ4n) is 3.62. The smallest absolute Gasteiger partial charge is 0.224 e. The molecule has 0 N–H and O–H groups in total. The number of carbonyl (C=O) groups is 2. The first-order valence-corrected chi connectivity index (χ1v) is 11.7. The summed E-state index contributed by atoms with van der Waals surface area (Å²) in [5.41, 5.74) is 2.70. The van der Waals surface area contributed by atoms with Crippen LogP contribution in [0.1, 0.15) is 49.7 Å². The number of aryl methyl sites for hydroxylation is 1. The summed E-state index contributed by atoms with van der Waals surface area (Å²) in [6.45, 7) is 1.04. The Hall–Kier alpha value is -2.07. The third kappa shape index (κ3) is 7.69. The Morgan fingerprint density at radius 3 is 2.24 bits per heavy atom. The molecule has 1 unspecified atom stereocenters. The molecule has 1 saturated heterocycles. The van der Waals surface area contributed by atoms with Gasteiger partial charge in [-0.2, -0.15) is 11.8 Å². The zero-order chi connectivity index (χ0) is 20.3. The Bertz CT molecular complexity index is 763. The van der Waals surface area contributed by atoms with Gasteiger partial charge in [0.1, 0.15) is 0 Å². The molecule has 3 rings (SSSR count). The molecular formula is C25H31NO2S. The molecule has 0 spiro atoms. The van der Waals surface area contributed by atoms with Crippen molar-refractivity contribution in [2.75, 3.05) is 13.1 Å². The molecule has 2 aromatic rings. The van der Waals surface area contributed by atoms with Gasteiger partial charge in [-0.3, -0.25) is 9.59 Å². The van der Waals surface area contributed by atoms with E-state index in [1.165, 1.54) is 24.0 Å². The molecular weight excluding hydrogens is 378 g/mol. The minimum Gasteiger partial charge on any atom is -0.335 e. The van der Waals surface area contributed by atoms with E-state index in [0.29, 0.717) is 24.6 Å². The first kappa shape index (κ1) is 21.6. The molecule has 4 heteroatoms. The second-order valence-electron chi connectivity index (χ2n) is 7.81. The van der Waals surface area contributed by atoms with E-state index in [2.05, 4.69) is 54.6 Å². The first-order chi connectivity index (χ1) is 14.2. The van der Waals surface area contributed by atoms with Crippen molar-refractivity contribution in [1.82, 2.24) is 4.90 Å². The van der Waals surface area contributed by atoms with E-state index >= 15 is 0 Å². The summed E-state index contributed by atoms with van der Waals surface area (Å²) in [7, 11) is 0. The molecule has 0 aromatic heterocycles. The monoisotopic (exact) mass is 409 g/mol. The van der Waals surface area contributed by atoms with Crippen LogP contribution in [-0.2, 0) is 21.8 Å². The molecule has 0 bridgehead atoms. The average molecular weight is 410 g/mol. The van der Waals surface area contributed by atoms with Crippen molar-refractivity contribution in [2.24, 2.45) is 0 Å². The highest BCUT2D eigenvalue weighted by molar-refractivity contribution is 7.99. The Labute approximate surface area is 178 Å². The lowest BCUT2D eigenvalue weighted by atomic mass is 10.0. The largest absolute Gasteiger partial charge is 0.335 e. The highest BCUT2D eigenvalue weighted by atomic mass is 32.2. The summed E-state index contributed by atoms with van der Waals surface area (Å²) in [5.74, 6) is 1.26. The number of thioether (sulfide) groups is 1. The van der Waals surface area contributed by atoms with Gasteiger partial charge >= 0.3 is 0 Å². The second-order valence-corrected chi connectivity index (χ2v) is 9.10. The summed E-state index contributed by atoms with van der Waals surface area (Å²) < 4.78 is 0. The highest BCUT2D eigenvalue weighted by Crippen LogP contribution is 2.26. The van der Waals surface area contributed by atoms with Crippen LogP contribution in [0.4, 0.5) is 0 Å². The van der Waals surface area contributed by atoms with Gasteiger partial charge in [0, 0.05) is 30.4 Å². The molecule has 2 aromatic carbocycles. The topological polar surface area (TPSA) is 37.4 Å². The molecule has 0 aliphatic carbocycles. The number of likely N-dealkylation sites (tertiary alicyclic amines) is 1. The number of rotatable bonds is 13. The van der Waals surface area contributed by atoms with Crippen LogP contribution in [0.5, 0.6) is 0 Å². The van der Waals surface area contributed by atoms with Crippen LogP contribution >= 0.6 is 11.8 Å². The summed E-state index contributed by atoms with van der Waals surface area (Å²) in [4.78, 5) is 25.7. The molecule has 1 aliphatic rings. The lowest BCUT2D eigenvalue weighted by molar-refractivity contribution is -0.143. The number of ketones is 1. The van der Waals surface area contributed by atoms with E-state index in [0.717, 1.165) is 31.6 Å². The maximum Gasteiger partial charge on any atom is 0.224 e. The number of unbranched alkanes of at least 4 members (excludes halogenated alkanes) is 2. The maximum atomic E-state index is 12.5. The van der Waals surface area contributed by atoms with Crippen LogP contribution in [0.15, 0.2) is 60.7 Å². The van der Waals surface area contributed by atoms with Gasteiger partial charge in [-0.1, -0.05) is 73.5 Å². The lowest BCUT2D eigenvalue weighted by Crippen LogP contribution is -2.46. The zero-order valence-electron chi connectivity index (χ0n) is 17.1. The molecule has 1 fully saturated rings. The maximum absolute atomic E-state index is 12.5. The predicted molar refractivity (Wildman–Crippen MR) is 121 cm³/mol. The molecule has 1 heterocycles. The van der Waals surface area contributed by atoms with Gasteiger partial charge in [0.25, 0.3) is 0 Å².